The number of fused-ring (bicyclic) bond motifs is 1. The van der Waals surface area contributed by atoms with Crippen LogP contribution < -0.4 is 20.7 Å². The highest BCUT2D eigenvalue weighted by atomic mass is 19.1. The zero-order valence-electron chi connectivity index (χ0n) is 19.8. The number of aromatic nitrogens is 3. The number of rotatable bonds is 7. The van der Waals surface area contributed by atoms with Crippen molar-refractivity contribution in [2.24, 2.45) is 5.73 Å². The summed E-state index contributed by atoms with van der Waals surface area (Å²) in [4.78, 5) is 27.8. The Balaban J connectivity index is 1.39. The van der Waals surface area contributed by atoms with Crippen LogP contribution in [-0.4, -0.2) is 59.0 Å². The van der Waals surface area contributed by atoms with Crippen molar-refractivity contribution in [3.8, 4) is 11.6 Å². The smallest absolute Gasteiger partial charge is 0.248 e. The third-order valence-electron chi connectivity index (χ3n) is 6.12. The second-order valence-corrected chi connectivity index (χ2v) is 8.65. The summed E-state index contributed by atoms with van der Waals surface area (Å²) in [6.45, 7) is 7.06. The van der Waals surface area contributed by atoms with Crippen molar-refractivity contribution in [2.75, 3.05) is 43.4 Å². The van der Waals surface area contributed by atoms with Gasteiger partial charge in [0.05, 0.1) is 11.1 Å². The molecule has 5 rings (SSSR count). The molecule has 0 saturated carbocycles. The first-order chi connectivity index (χ1) is 17.4. The summed E-state index contributed by atoms with van der Waals surface area (Å²) in [5, 5.41) is 3.73. The molecule has 0 spiro atoms. The van der Waals surface area contributed by atoms with Gasteiger partial charge in [-0.25, -0.2) is 4.39 Å². The highest BCUT2D eigenvalue weighted by Gasteiger charge is 2.18. The number of aromatic amines is 1. The van der Waals surface area contributed by atoms with Gasteiger partial charge in [-0.2, -0.15) is 9.97 Å². The fourth-order valence-corrected chi connectivity index (χ4v) is 4.07. The van der Waals surface area contributed by atoms with Crippen molar-refractivity contribution >= 4 is 39.8 Å². The predicted octanol–water partition coefficient (Wildman–Crippen LogP) is 3.88. The lowest BCUT2D eigenvalue weighted by Crippen LogP contribution is -2.44. The Morgan fingerprint density at radius 1 is 1.14 bits per heavy atom. The van der Waals surface area contributed by atoms with Gasteiger partial charge in [0.15, 0.2) is 0 Å². The molecule has 1 saturated heterocycles. The van der Waals surface area contributed by atoms with E-state index in [2.05, 4.69) is 38.8 Å². The first-order valence-corrected chi connectivity index (χ1v) is 11.5. The van der Waals surface area contributed by atoms with Gasteiger partial charge in [-0.1, -0.05) is 18.7 Å². The Hall–Kier alpha value is -4.44. The maximum Gasteiger partial charge on any atom is 0.248 e. The summed E-state index contributed by atoms with van der Waals surface area (Å²) in [6.07, 6.45) is 1.73. The van der Waals surface area contributed by atoms with E-state index < -0.39 is 5.91 Å². The van der Waals surface area contributed by atoms with Crippen molar-refractivity contribution in [3.63, 3.8) is 0 Å². The molecule has 10 heteroatoms. The number of nitrogens with two attached hydrogens (primary N) is 1. The van der Waals surface area contributed by atoms with Crippen molar-refractivity contribution in [3.05, 3.63) is 72.7 Å². The number of carbonyl (C=O) groups excluding carboxylic acids is 1. The Morgan fingerprint density at radius 3 is 2.69 bits per heavy atom. The molecule has 4 N–H and O–H groups in total. The quantitative estimate of drug-likeness (QED) is 0.339. The number of hydrogen-bond acceptors (Lipinski definition) is 7. The lowest BCUT2D eigenvalue weighted by atomic mass is 10.1. The van der Waals surface area contributed by atoms with Gasteiger partial charge in [-0.3, -0.25) is 4.79 Å². The summed E-state index contributed by atoms with van der Waals surface area (Å²) in [5.41, 5.74) is 7.72. The third-order valence-corrected chi connectivity index (χ3v) is 6.12. The molecule has 0 bridgehead atoms. The summed E-state index contributed by atoms with van der Waals surface area (Å²) in [5.74, 6) is 0.0576. The molecule has 1 aliphatic heterocycles. The molecule has 9 nitrogen and oxygen atoms in total. The van der Waals surface area contributed by atoms with E-state index in [0.717, 1.165) is 26.2 Å². The molecule has 1 amide bonds. The first kappa shape index (κ1) is 23.3. The van der Waals surface area contributed by atoms with E-state index >= 15 is 0 Å². The van der Waals surface area contributed by atoms with E-state index in [-0.39, 0.29) is 17.3 Å². The first-order valence-electron chi connectivity index (χ1n) is 11.5. The number of carbonyl (C=O) groups is 1. The third kappa shape index (κ3) is 4.84. The number of likely N-dealkylation sites (N-methyl/N-ethyl adjacent to an activating group) is 1. The van der Waals surface area contributed by atoms with Crippen LogP contribution in [0.2, 0.25) is 0 Å². The standard InChI is InChI=1S/C26H26FN7O2/c1-16(23(28)35)17-4-3-5-19(14-17)36-25-20-8-9-29-24(20)31-26(32-25)30-18-6-7-22(21(27)15-18)34-12-10-33(2)11-13-34/h3-9,14-15H,1,10-13H2,2H3,(H2,28,35)(H2,29,30,31,32). The molecule has 0 aliphatic carbocycles. The Bertz CT molecular complexity index is 1440. The predicted molar refractivity (Wildman–Crippen MR) is 138 cm³/mol. The number of hydrogen-bond donors (Lipinski definition) is 3. The van der Waals surface area contributed by atoms with Crippen LogP contribution in [0.3, 0.4) is 0 Å². The fourth-order valence-electron chi connectivity index (χ4n) is 4.07. The SMILES string of the molecule is C=C(C(N)=O)c1cccc(Oc2nc(Nc3ccc(N4CCN(C)CC4)c(F)c3)nc3[nH]ccc23)c1. The highest BCUT2D eigenvalue weighted by molar-refractivity contribution is 6.17. The summed E-state index contributed by atoms with van der Waals surface area (Å²) >= 11 is 0. The summed E-state index contributed by atoms with van der Waals surface area (Å²) in [6, 6.07) is 13.7. The van der Waals surface area contributed by atoms with Crippen molar-refractivity contribution in [1.29, 1.82) is 0 Å². The van der Waals surface area contributed by atoms with Gasteiger partial charge >= 0.3 is 0 Å². The molecule has 1 fully saturated rings. The lowest BCUT2D eigenvalue weighted by Gasteiger charge is -2.34. The number of amides is 1. The van der Waals surface area contributed by atoms with E-state index in [1.165, 1.54) is 6.07 Å². The number of anilines is 3. The van der Waals surface area contributed by atoms with Gasteiger partial charge in [0.2, 0.25) is 17.7 Å². The van der Waals surface area contributed by atoms with Crippen molar-refractivity contribution in [2.45, 2.75) is 0 Å². The molecule has 1 aliphatic rings. The number of benzene rings is 2. The average Bonchev–Trinajstić information content (AvgIpc) is 3.34. The van der Waals surface area contributed by atoms with Crippen LogP contribution in [0.5, 0.6) is 11.6 Å². The number of primary amides is 1. The summed E-state index contributed by atoms with van der Waals surface area (Å²) < 4.78 is 21.0. The van der Waals surface area contributed by atoms with Crippen LogP contribution in [0.25, 0.3) is 16.6 Å². The minimum Gasteiger partial charge on any atom is -0.438 e. The Labute approximate surface area is 207 Å². The molecule has 3 heterocycles. The maximum absolute atomic E-state index is 15.0. The molecule has 0 unspecified atom stereocenters. The second-order valence-electron chi connectivity index (χ2n) is 8.65. The molecule has 4 aromatic rings. The highest BCUT2D eigenvalue weighted by Crippen LogP contribution is 2.31. The van der Waals surface area contributed by atoms with Gasteiger partial charge in [0.25, 0.3) is 0 Å². The maximum atomic E-state index is 15.0. The monoisotopic (exact) mass is 487 g/mol. The fraction of sp³-hybridized carbons (Fsp3) is 0.192. The normalized spacial score (nSPS) is 14.1. The second kappa shape index (κ2) is 9.67. The topological polar surface area (TPSA) is 112 Å². The Morgan fingerprint density at radius 2 is 1.94 bits per heavy atom. The van der Waals surface area contributed by atoms with Gasteiger partial charge < -0.3 is 30.6 Å². The van der Waals surface area contributed by atoms with Crippen LogP contribution in [0.1, 0.15) is 5.56 Å². The van der Waals surface area contributed by atoms with Crippen LogP contribution in [0.4, 0.5) is 21.7 Å². The molecular weight excluding hydrogens is 461 g/mol. The molecule has 0 atom stereocenters. The Kier molecular flexibility index (Phi) is 6.26. The molecule has 36 heavy (non-hydrogen) atoms. The van der Waals surface area contributed by atoms with Crippen LogP contribution in [0, 0.1) is 5.82 Å². The number of ether oxygens (including phenoxy) is 1. The number of nitrogens with zero attached hydrogens (tertiary/aromatic N) is 4. The lowest BCUT2D eigenvalue weighted by molar-refractivity contribution is -0.112. The molecule has 2 aromatic carbocycles. The molecule has 0 radical (unpaired) electrons. The zero-order chi connectivity index (χ0) is 25.2. The van der Waals surface area contributed by atoms with E-state index in [1.807, 2.05) is 4.90 Å². The summed E-state index contributed by atoms with van der Waals surface area (Å²) in [7, 11) is 2.06. The van der Waals surface area contributed by atoms with Gasteiger partial charge in [-0.15, -0.1) is 0 Å². The molecule has 2 aromatic heterocycles. The van der Waals surface area contributed by atoms with Crippen molar-refractivity contribution < 1.29 is 13.9 Å². The average molecular weight is 488 g/mol. The van der Waals surface area contributed by atoms with Gasteiger partial charge in [0.1, 0.15) is 17.2 Å². The van der Waals surface area contributed by atoms with Crippen molar-refractivity contribution in [1.82, 2.24) is 19.9 Å². The number of nitrogens with one attached hydrogen (secondary N) is 2. The minimum atomic E-state index is -0.612. The van der Waals surface area contributed by atoms with E-state index in [9.17, 15) is 9.18 Å². The van der Waals surface area contributed by atoms with Crippen LogP contribution in [0.15, 0.2) is 61.3 Å². The van der Waals surface area contributed by atoms with E-state index in [4.69, 9.17) is 10.5 Å². The number of piperazine rings is 1. The van der Waals surface area contributed by atoms with Crippen LogP contribution in [-0.2, 0) is 4.79 Å². The van der Waals surface area contributed by atoms with Crippen LogP contribution >= 0.6 is 0 Å². The minimum absolute atomic E-state index is 0.180. The number of H-pyrrole nitrogens is 1. The van der Waals surface area contributed by atoms with E-state index in [0.29, 0.717) is 39.6 Å². The van der Waals surface area contributed by atoms with Gasteiger partial charge in [0, 0.05) is 43.6 Å². The van der Waals surface area contributed by atoms with Gasteiger partial charge in [-0.05, 0) is 49.0 Å². The zero-order valence-corrected chi connectivity index (χ0v) is 19.8. The molecular formula is C26H26FN7O2. The number of halogens is 1. The molecule has 184 valence electrons. The van der Waals surface area contributed by atoms with E-state index in [1.54, 1.807) is 48.7 Å². The largest absolute Gasteiger partial charge is 0.438 e.